The molecule has 9 atom stereocenters. The summed E-state index contributed by atoms with van der Waals surface area (Å²) in [6.45, 7) is -1.73. The molecule has 6 rings (SSSR count). The minimum atomic E-state index is -5.40. The van der Waals surface area contributed by atoms with E-state index in [0.717, 1.165) is 10.9 Å². The number of nitrogens with zero attached hydrogens (tertiary/aromatic N) is 6. The molecule has 2 unspecified atom stereocenters. The molecule has 0 spiro atoms. The van der Waals surface area contributed by atoms with Gasteiger partial charge in [0.15, 0.2) is 34.5 Å². The number of hydrogen-bond donors (Lipinski definition) is 8. The molecule has 254 valence electrons. The van der Waals surface area contributed by atoms with Gasteiger partial charge in [-0.1, -0.05) is 0 Å². The van der Waals surface area contributed by atoms with Gasteiger partial charge in [0.05, 0.1) is 31.3 Å². The summed E-state index contributed by atoms with van der Waals surface area (Å²) in [5, 5.41) is 19.7. The highest BCUT2D eigenvalue weighted by atomic mass is 32.1. The van der Waals surface area contributed by atoms with E-state index in [1.54, 1.807) is 0 Å². The van der Waals surface area contributed by atoms with Crippen molar-refractivity contribution >= 4 is 64.0 Å². The van der Waals surface area contributed by atoms with Crippen molar-refractivity contribution in [1.29, 1.82) is 0 Å². The first kappa shape index (κ1) is 33.7. The highest BCUT2D eigenvalue weighted by molar-refractivity contribution is 7.67. The van der Waals surface area contributed by atoms with Gasteiger partial charge in [-0.3, -0.25) is 33.2 Å². The number of imidazole rings is 1. The molecular weight excluding hydrogens is 714 g/mol. The van der Waals surface area contributed by atoms with Crippen LogP contribution < -0.4 is 33.4 Å². The number of nitrogen functional groups attached to an aromatic ring is 2. The fraction of sp³-hybridized carbons (Fsp3) is 0.450. The number of nitrogens with two attached hydrogens (primary N) is 2. The first-order chi connectivity index (χ1) is 22.0. The summed E-state index contributed by atoms with van der Waals surface area (Å²) in [5.74, 6) is -0.497. The maximum Gasteiger partial charge on any atom is 0.481 e. The van der Waals surface area contributed by atoms with Crippen LogP contribution in [0.2, 0.25) is 0 Å². The van der Waals surface area contributed by atoms with Gasteiger partial charge in [0, 0.05) is 0 Å². The monoisotopic (exact) mass is 736 g/mol. The Morgan fingerprint density at radius 1 is 0.979 bits per heavy atom. The molecule has 23 nitrogen and oxygen atoms in total. The second-order valence-corrected chi connectivity index (χ2v) is 14.0. The van der Waals surface area contributed by atoms with E-state index in [1.165, 1.54) is 0 Å². The number of phosphoric acid groups is 2. The molecule has 10 N–H and O–H groups in total. The van der Waals surface area contributed by atoms with E-state index >= 15 is 0 Å². The third-order valence-corrected chi connectivity index (χ3v) is 10.6. The lowest BCUT2D eigenvalue weighted by Gasteiger charge is -2.45. The Morgan fingerprint density at radius 3 is 2.32 bits per heavy atom. The number of phosphoric ester groups is 2. The van der Waals surface area contributed by atoms with E-state index in [9.17, 15) is 38.7 Å². The smallest absolute Gasteiger partial charge is 0.481 e. The lowest BCUT2D eigenvalue weighted by atomic mass is 10.1. The van der Waals surface area contributed by atoms with Crippen molar-refractivity contribution in [2.75, 3.05) is 24.7 Å². The van der Waals surface area contributed by atoms with Gasteiger partial charge in [0.25, 0.3) is 11.1 Å². The van der Waals surface area contributed by atoms with Crippen LogP contribution in [0.15, 0.2) is 36.5 Å². The normalized spacial score (nSPS) is 29.8. The van der Waals surface area contributed by atoms with Crippen LogP contribution in [-0.4, -0.2) is 98.6 Å². The summed E-state index contributed by atoms with van der Waals surface area (Å²) in [7, 11) is -10.8. The Bertz CT molecular complexity index is 2130. The molecule has 3 aromatic heterocycles. The van der Waals surface area contributed by atoms with E-state index in [0.29, 0.717) is 0 Å². The molecule has 47 heavy (non-hydrogen) atoms. The first-order valence-electron chi connectivity index (χ1n) is 13.0. The molecule has 3 aliphatic rings. The van der Waals surface area contributed by atoms with Crippen molar-refractivity contribution in [3.8, 4) is 0 Å². The highest BCUT2D eigenvalue weighted by Gasteiger charge is 2.46. The highest BCUT2D eigenvalue weighted by Crippen LogP contribution is 2.60. The number of H-pyrrole nitrogens is 2. The topological polar surface area (TPSA) is 347 Å². The molecular formula is C20H22N10O13P2S2-2. The average molecular weight is 737 g/mol. The third kappa shape index (κ3) is 6.63. The SMILES string of the molecule is Nc1nc2c(c(=O)[nH]1)=NC1=C([S-])[C@@H]([S-])[C@@H](COP(=O)(O)OP(=O)(O)OC[C@H]3O[C@@H](n4cnc5c(=O)[nH]c(N)nc54)[C@H](O)[C@@H]3O)O[C@H]1N=2. The van der Waals surface area contributed by atoms with Gasteiger partial charge in [0.2, 0.25) is 11.9 Å². The summed E-state index contributed by atoms with van der Waals surface area (Å²) < 4.78 is 51.3. The number of anilines is 2. The van der Waals surface area contributed by atoms with E-state index < -0.39 is 82.1 Å². The number of aromatic nitrogens is 6. The zero-order valence-electron chi connectivity index (χ0n) is 23.0. The molecule has 1 fully saturated rings. The van der Waals surface area contributed by atoms with Crippen LogP contribution >= 0.6 is 15.6 Å². The minimum Gasteiger partial charge on any atom is -0.784 e. The Balaban J connectivity index is 1.08. The molecule has 0 saturated carbocycles. The van der Waals surface area contributed by atoms with E-state index in [-0.39, 0.29) is 44.5 Å². The number of aliphatic hydroxyl groups is 2. The summed E-state index contributed by atoms with van der Waals surface area (Å²) in [4.78, 5) is 69.0. The molecule has 0 amide bonds. The van der Waals surface area contributed by atoms with Gasteiger partial charge < -0.3 is 66.2 Å². The lowest BCUT2D eigenvalue weighted by Crippen LogP contribution is -2.50. The summed E-state index contributed by atoms with van der Waals surface area (Å²) in [6, 6.07) is 0. The maximum atomic E-state index is 12.6. The van der Waals surface area contributed by atoms with Gasteiger partial charge in [-0.05, 0) is 0 Å². The number of rotatable bonds is 9. The predicted molar refractivity (Wildman–Crippen MR) is 157 cm³/mol. The number of hydrogen-bond acceptors (Lipinski definition) is 20. The van der Waals surface area contributed by atoms with Crippen molar-refractivity contribution in [2.45, 2.75) is 42.1 Å². The predicted octanol–water partition coefficient (Wildman–Crippen LogP) is -4.41. The van der Waals surface area contributed by atoms with Crippen LogP contribution in [0.4, 0.5) is 11.9 Å². The van der Waals surface area contributed by atoms with Crippen LogP contribution in [0.3, 0.4) is 0 Å². The minimum absolute atomic E-state index is 0.0192. The van der Waals surface area contributed by atoms with Crippen molar-refractivity contribution in [2.24, 2.45) is 9.98 Å². The molecule has 0 aliphatic carbocycles. The fourth-order valence-corrected chi connectivity index (χ4v) is 7.35. The van der Waals surface area contributed by atoms with Crippen LogP contribution in [0.5, 0.6) is 0 Å². The molecule has 3 aliphatic heterocycles. The zero-order chi connectivity index (χ0) is 34.0. The van der Waals surface area contributed by atoms with Crippen LogP contribution in [0.1, 0.15) is 6.23 Å². The van der Waals surface area contributed by atoms with Gasteiger partial charge in [-0.2, -0.15) is 19.2 Å². The first-order valence-corrected chi connectivity index (χ1v) is 16.9. The molecule has 6 heterocycles. The number of ether oxygens (including phenoxy) is 2. The quantitative estimate of drug-likeness (QED) is 0.0759. The Kier molecular flexibility index (Phi) is 8.88. The van der Waals surface area contributed by atoms with E-state index in [1.807, 2.05) is 0 Å². The van der Waals surface area contributed by atoms with Crippen molar-refractivity contribution < 1.29 is 52.0 Å². The number of fused-ring (bicyclic) bond motifs is 3. The molecule has 0 bridgehead atoms. The van der Waals surface area contributed by atoms with Crippen molar-refractivity contribution in [3.63, 3.8) is 0 Å². The molecule has 0 aromatic carbocycles. The van der Waals surface area contributed by atoms with E-state index in [4.69, 9.17) is 55.2 Å². The Hall–Kier alpha value is -3.16. The van der Waals surface area contributed by atoms with Crippen LogP contribution in [-0.2, 0) is 57.2 Å². The second kappa shape index (κ2) is 12.4. The largest absolute Gasteiger partial charge is 0.784 e. The summed E-state index contributed by atoms with van der Waals surface area (Å²) in [6.07, 6.45) is -7.65. The zero-order valence-corrected chi connectivity index (χ0v) is 26.5. The third-order valence-electron chi connectivity index (χ3n) is 6.83. The molecule has 27 heteroatoms. The molecule has 3 aromatic rings. The van der Waals surface area contributed by atoms with E-state index in [2.05, 4.69) is 39.2 Å². The lowest BCUT2D eigenvalue weighted by molar-refractivity contribution is -0.0508. The fourth-order valence-electron chi connectivity index (χ4n) is 4.70. The average Bonchev–Trinajstić information content (AvgIpc) is 3.52. The number of aromatic amines is 2. The van der Waals surface area contributed by atoms with Gasteiger partial charge in [-0.25, -0.2) is 24.1 Å². The van der Waals surface area contributed by atoms with Crippen LogP contribution in [0, 0.1) is 0 Å². The van der Waals surface area contributed by atoms with Gasteiger partial charge >= 0.3 is 15.6 Å². The van der Waals surface area contributed by atoms with Gasteiger partial charge in [0.1, 0.15) is 18.3 Å². The second-order valence-electron chi connectivity index (χ2n) is 9.99. The number of aliphatic hydroxyl groups excluding tert-OH is 2. The summed E-state index contributed by atoms with van der Waals surface area (Å²) in [5.41, 5.74) is 9.40. The van der Waals surface area contributed by atoms with Gasteiger partial charge in [-0.15, -0.1) is 5.25 Å². The Morgan fingerprint density at radius 2 is 1.62 bits per heavy atom. The Labute approximate surface area is 270 Å². The van der Waals surface area contributed by atoms with Crippen LogP contribution in [0.25, 0.3) is 11.2 Å². The van der Waals surface area contributed by atoms with Crippen molar-refractivity contribution in [1.82, 2.24) is 29.5 Å². The maximum absolute atomic E-state index is 12.6. The summed E-state index contributed by atoms with van der Waals surface area (Å²) >= 11 is 10.7. The standard InChI is InChI=1S/C20H24N10O13P2S2/c21-19-26-13-7(15(33)28-19)24-6-12(47)11(46)5(41-17(6)25-13)2-40-45(37,38)43-44(35,36)39-1-4-9(31)10(32)18(42-4)30-3-23-8-14(30)27-20(22)29-16(8)34/h3-5,9-11,17-18,31-32,46-47H,1-2H2,(H,35,36)(H,37,38)(H3,22,27,29,34)(H3,21,25,26,28,33)/p-2/t4-,5-,9-,10-,11+,17-,18-/m1/s1. The molecule has 0 radical (unpaired) electrons. The number of nitrogens with one attached hydrogen (secondary N) is 2. The van der Waals surface area contributed by atoms with Crippen molar-refractivity contribution in [3.05, 3.63) is 48.5 Å². The molecule has 1 saturated heterocycles.